The Morgan fingerprint density at radius 3 is 2.83 bits per heavy atom. The summed E-state index contributed by atoms with van der Waals surface area (Å²) in [5.41, 5.74) is 0.540. The van der Waals surface area contributed by atoms with Gasteiger partial charge in [0.1, 0.15) is 5.82 Å². The zero-order valence-electron chi connectivity index (χ0n) is 5.80. The average molecular weight is 208 g/mol. The zero-order valence-corrected chi connectivity index (χ0v) is 7.31. The van der Waals surface area contributed by atoms with Gasteiger partial charge in [-0.1, -0.05) is 16.8 Å². The molecule has 5 heteroatoms. The minimum atomic E-state index is -0.399. The van der Waals surface area contributed by atoms with Gasteiger partial charge in [-0.2, -0.15) is 0 Å². The van der Waals surface area contributed by atoms with Gasteiger partial charge in [-0.15, -0.1) is 0 Å². The minimum Gasteiger partial charge on any atom is -0.277 e. The molecule has 64 valence electrons. The van der Waals surface area contributed by atoms with Crippen molar-refractivity contribution < 1.29 is 8.78 Å². The summed E-state index contributed by atoms with van der Waals surface area (Å²) in [6.07, 6.45) is 1.29. The SMILES string of the molecule is Fc1ccc(C=NOCl)c(Cl)c1. The predicted molar refractivity (Wildman–Crippen MR) is 45.9 cm³/mol. The van der Waals surface area contributed by atoms with Gasteiger partial charge in [0, 0.05) is 5.56 Å². The van der Waals surface area contributed by atoms with Crippen molar-refractivity contribution in [1.29, 1.82) is 0 Å². The first kappa shape index (κ1) is 9.29. The van der Waals surface area contributed by atoms with Crippen LogP contribution in [0.5, 0.6) is 0 Å². The molecule has 0 atom stereocenters. The Morgan fingerprint density at radius 1 is 1.50 bits per heavy atom. The van der Waals surface area contributed by atoms with Gasteiger partial charge in [-0.05, 0) is 18.2 Å². The second kappa shape index (κ2) is 4.28. The third-order valence-corrected chi connectivity index (χ3v) is 1.60. The molecule has 0 bridgehead atoms. The van der Waals surface area contributed by atoms with Crippen LogP contribution in [0, 0.1) is 5.82 Å². The maximum absolute atomic E-state index is 12.5. The van der Waals surface area contributed by atoms with Gasteiger partial charge in [-0.3, -0.25) is 4.39 Å². The number of nitrogens with zero attached hydrogens (tertiary/aromatic N) is 1. The molecule has 1 aromatic rings. The third kappa shape index (κ3) is 2.36. The Balaban J connectivity index is 2.94. The normalized spacial score (nSPS) is 10.6. The highest BCUT2D eigenvalue weighted by atomic mass is 35.5. The molecule has 12 heavy (non-hydrogen) atoms. The van der Waals surface area contributed by atoms with Crippen LogP contribution in [-0.2, 0) is 4.39 Å². The summed E-state index contributed by atoms with van der Waals surface area (Å²) in [5, 5.41) is 3.52. The van der Waals surface area contributed by atoms with Gasteiger partial charge in [0.15, 0.2) is 11.9 Å². The van der Waals surface area contributed by atoms with Crippen LogP contribution in [0.3, 0.4) is 0 Å². The second-order valence-electron chi connectivity index (χ2n) is 1.97. The highest BCUT2D eigenvalue weighted by Crippen LogP contribution is 2.15. The van der Waals surface area contributed by atoms with Crippen LogP contribution < -0.4 is 0 Å². The van der Waals surface area contributed by atoms with E-state index in [9.17, 15) is 4.39 Å². The van der Waals surface area contributed by atoms with Crippen molar-refractivity contribution in [2.45, 2.75) is 0 Å². The monoisotopic (exact) mass is 207 g/mol. The molecule has 0 aliphatic rings. The number of hydrogen-bond acceptors (Lipinski definition) is 2. The van der Waals surface area contributed by atoms with E-state index >= 15 is 0 Å². The van der Waals surface area contributed by atoms with Crippen LogP contribution in [0.15, 0.2) is 23.4 Å². The van der Waals surface area contributed by atoms with Crippen molar-refractivity contribution in [2.24, 2.45) is 5.16 Å². The lowest BCUT2D eigenvalue weighted by molar-refractivity contribution is 0.383. The van der Waals surface area contributed by atoms with Gasteiger partial charge >= 0.3 is 0 Å². The summed E-state index contributed by atoms with van der Waals surface area (Å²) in [7, 11) is 0. The lowest BCUT2D eigenvalue weighted by Gasteiger charge is -1.95. The fourth-order valence-electron chi connectivity index (χ4n) is 0.683. The van der Waals surface area contributed by atoms with Crippen molar-refractivity contribution in [2.75, 3.05) is 0 Å². The molecule has 0 radical (unpaired) electrons. The van der Waals surface area contributed by atoms with E-state index in [1.165, 1.54) is 24.4 Å². The van der Waals surface area contributed by atoms with Gasteiger partial charge < -0.3 is 0 Å². The summed E-state index contributed by atoms with van der Waals surface area (Å²) in [6.45, 7) is 0. The van der Waals surface area contributed by atoms with E-state index in [1.807, 2.05) is 0 Å². The van der Waals surface area contributed by atoms with Crippen LogP contribution in [0.2, 0.25) is 5.02 Å². The van der Waals surface area contributed by atoms with E-state index in [0.29, 0.717) is 5.56 Å². The van der Waals surface area contributed by atoms with E-state index in [2.05, 4.69) is 9.55 Å². The second-order valence-corrected chi connectivity index (χ2v) is 2.51. The molecular formula is C7H4Cl2FNO. The summed E-state index contributed by atoms with van der Waals surface area (Å²) in [6, 6.07) is 3.91. The molecule has 1 rings (SSSR count). The largest absolute Gasteiger partial charge is 0.277 e. The summed E-state index contributed by atoms with van der Waals surface area (Å²) >= 11 is 10.5. The average Bonchev–Trinajstić information content (AvgIpc) is 2.03. The first-order valence-corrected chi connectivity index (χ1v) is 3.69. The highest BCUT2D eigenvalue weighted by molar-refractivity contribution is 6.33. The van der Waals surface area contributed by atoms with Crippen molar-refractivity contribution in [3.63, 3.8) is 0 Å². The number of rotatable bonds is 2. The maximum Gasteiger partial charge on any atom is 0.167 e. The lowest BCUT2D eigenvalue weighted by Crippen LogP contribution is -1.84. The number of benzene rings is 1. The molecule has 0 spiro atoms. The molecule has 2 nitrogen and oxygen atoms in total. The first-order chi connectivity index (χ1) is 5.74. The van der Waals surface area contributed by atoms with E-state index in [0.717, 1.165) is 0 Å². The molecule has 0 saturated carbocycles. The fraction of sp³-hybridized carbons (Fsp3) is 0. The predicted octanol–water partition coefficient (Wildman–Crippen LogP) is 2.98. The Hall–Kier alpha value is -0.800. The molecular weight excluding hydrogens is 204 g/mol. The molecule has 0 aliphatic carbocycles. The molecule has 0 saturated heterocycles. The van der Waals surface area contributed by atoms with Gasteiger partial charge in [0.25, 0.3) is 0 Å². The molecule has 0 unspecified atom stereocenters. The van der Waals surface area contributed by atoms with E-state index in [-0.39, 0.29) is 5.02 Å². The zero-order chi connectivity index (χ0) is 8.97. The van der Waals surface area contributed by atoms with Crippen LogP contribution in [0.4, 0.5) is 4.39 Å². The first-order valence-electron chi connectivity index (χ1n) is 3.00. The smallest absolute Gasteiger partial charge is 0.167 e. The highest BCUT2D eigenvalue weighted by Gasteiger charge is 1.98. The Kier molecular flexibility index (Phi) is 3.31. The Bertz CT molecular complexity index is 303. The summed E-state index contributed by atoms with van der Waals surface area (Å²) in [4.78, 5) is 0. The topological polar surface area (TPSA) is 21.6 Å². The van der Waals surface area contributed by atoms with Crippen molar-refractivity contribution in [3.05, 3.63) is 34.6 Å². The van der Waals surface area contributed by atoms with Gasteiger partial charge in [0.2, 0.25) is 0 Å². The molecule has 1 aromatic carbocycles. The molecule has 0 amide bonds. The van der Waals surface area contributed by atoms with Gasteiger partial charge in [-0.25, -0.2) is 4.39 Å². The number of oxime groups is 1. The number of halogens is 3. The quantitative estimate of drug-likeness (QED) is 0.540. The number of hydrogen-bond donors (Lipinski definition) is 0. The third-order valence-electron chi connectivity index (χ3n) is 1.19. The van der Waals surface area contributed by atoms with E-state index in [1.54, 1.807) is 0 Å². The molecule has 0 fully saturated rings. The van der Waals surface area contributed by atoms with Gasteiger partial charge in [0.05, 0.1) is 11.2 Å². The van der Waals surface area contributed by atoms with Crippen LogP contribution in [-0.4, -0.2) is 6.21 Å². The van der Waals surface area contributed by atoms with Crippen LogP contribution in [0.1, 0.15) is 5.56 Å². The van der Waals surface area contributed by atoms with Crippen molar-refractivity contribution in [1.82, 2.24) is 0 Å². The summed E-state index contributed by atoms with van der Waals surface area (Å²) in [5.74, 6) is -0.399. The van der Waals surface area contributed by atoms with E-state index < -0.39 is 5.82 Å². The summed E-state index contributed by atoms with van der Waals surface area (Å²) < 4.78 is 16.4. The lowest BCUT2D eigenvalue weighted by atomic mass is 10.2. The molecule has 0 aromatic heterocycles. The van der Waals surface area contributed by atoms with Crippen LogP contribution >= 0.6 is 23.5 Å². The molecule has 0 N–H and O–H groups in total. The molecule has 0 heterocycles. The Morgan fingerprint density at radius 2 is 2.25 bits per heavy atom. The maximum atomic E-state index is 12.5. The van der Waals surface area contributed by atoms with Crippen LogP contribution in [0.25, 0.3) is 0 Å². The van der Waals surface area contributed by atoms with Crippen molar-refractivity contribution in [3.8, 4) is 0 Å². The van der Waals surface area contributed by atoms with E-state index in [4.69, 9.17) is 23.5 Å². The fourth-order valence-corrected chi connectivity index (χ4v) is 0.939. The minimum absolute atomic E-state index is 0.257. The Labute approximate surface area is 78.7 Å². The molecule has 0 aliphatic heterocycles. The van der Waals surface area contributed by atoms with Crippen molar-refractivity contribution >= 4 is 29.7 Å². The standard InChI is InChI=1S/C7H4Cl2FNO/c8-7-3-6(10)2-1-5(7)4-11-12-9/h1-4H.